The van der Waals surface area contributed by atoms with E-state index < -0.39 is 0 Å². The van der Waals surface area contributed by atoms with Crippen LogP contribution < -0.4 is 4.74 Å². The van der Waals surface area contributed by atoms with E-state index in [1.54, 1.807) is 23.2 Å². The third kappa shape index (κ3) is 4.42. The molecule has 1 aliphatic heterocycles. The fraction of sp³-hybridized carbons (Fsp3) is 0.353. The normalized spacial score (nSPS) is 17.6. The van der Waals surface area contributed by atoms with Gasteiger partial charge in [-0.15, -0.1) is 5.10 Å². The van der Waals surface area contributed by atoms with E-state index in [-0.39, 0.29) is 18.8 Å². The second-order valence-electron chi connectivity index (χ2n) is 5.43. The zero-order valence-electron chi connectivity index (χ0n) is 12.8. The van der Waals surface area contributed by atoms with Crippen LogP contribution in [0.25, 0.3) is 0 Å². The van der Waals surface area contributed by atoms with Crippen molar-refractivity contribution in [3.63, 3.8) is 0 Å². The van der Waals surface area contributed by atoms with Gasteiger partial charge in [0.2, 0.25) is 5.88 Å². The lowest BCUT2D eigenvalue weighted by molar-refractivity contribution is 0.0533. The fourth-order valence-corrected chi connectivity index (χ4v) is 2.53. The van der Waals surface area contributed by atoms with Crippen LogP contribution in [0, 0.1) is 0 Å². The first-order chi connectivity index (χ1) is 11.3. The van der Waals surface area contributed by atoms with E-state index in [9.17, 15) is 4.79 Å². The van der Waals surface area contributed by atoms with Gasteiger partial charge in [-0.05, 0) is 24.5 Å². The molecule has 1 atom stereocenters. The van der Waals surface area contributed by atoms with Gasteiger partial charge in [-0.25, -0.2) is 4.79 Å². The molecule has 2 aromatic rings. The number of carbonyl (C=O) groups excluding carboxylic acids is 1. The molecule has 0 bridgehead atoms. The predicted molar refractivity (Wildman–Crippen MR) is 83.9 cm³/mol. The van der Waals surface area contributed by atoms with Crippen LogP contribution in [-0.4, -0.2) is 40.4 Å². The average molecular weight is 313 g/mol. The molecule has 1 unspecified atom stereocenters. The zero-order chi connectivity index (χ0) is 15.9. The van der Waals surface area contributed by atoms with Crippen LogP contribution in [0.1, 0.15) is 18.4 Å². The third-order valence-corrected chi connectivity index (χ3v) is 3.68. The fourth-order valence-electron chi connectivity index (χ4n) is 2.53. The van der Waals surface area contributed by atoms with Gasteiger partial charge in [0.1, 0.15) is 12.7 Å². The van der Waals surface area contributed by atoms with E-state index in [0.29, 0.717) is 19.0 Å². The van der Waals surface area contributed by atoms with E-state index in [4.69, 9.17) is 9.47 Å². The van der Waals surface area contributed by atoms with Crippen molar-refractivity contribution in [1.82, 2.24) is 15.1 Å². The van der Waals surface area contributed by atoms with Crippen molar-refractivity contribution in [3.05, 3.63) is 54.2 Å². The maximum absolute atomic E-state index is 12.2. The van der Waals surface area contributed by atoms with Crippen LogP contribution in [0.2, 0.25) is 0 Å². The second kappa shape index (κ2) is 7.58. The highest BCUT2D eigenvalue weighted by Gasteiger charge is 2.26. The van der Waals surface area contributed by atoms with Gasteiger partial charge in [0.15, 0.2) is 0 Å². The smallest absolute Gasteiger partial charge is 0.410 e. The minimum Gasteiger partial charge on any atom is -0.471 e. The Morgan fingerprint density at radius 3 is 2.87 bits per heavy atom. The molecule has 23 heavy (non-hydrogen) atoms. The molecule has 120 valence electrons. The maximum Gasteiger partial charge on any atom is 0.410 e. The van der Waals surface area contributed by atoms with E-state index in [2.05, 4.69) is 10.2 Å². The van der Waals surface area contributed by atoms with Crippen molar-refractivity contribution in [2.24, 2.45) is 0 Å². The Morgan fingerprint density at radius 2 is 2.09 bits per heavy atom. The summed E-state index contributed by atoms with van der Waals surface area (Å²) in [6.07, 6.45) is 2.98. The Bertz CT molecular complexity index is 621. The summed E-state index contributed by atoms with van der Waals surface area (Å²) in [6.45, 7) is 1.48. The van der Waals surface area contributed by atoms with Crippen LogP contribution in [0.4, 0.5) is 4.79 Å². The number of ether oxygens (including phenoxy) is 2. The van der Waals surface area contributed by atoms with Gasteiger partial charge >= 0.3 is 6.09 Å². The molecule has 1 aromatic heterocycles. The summed E-state index contributed by atoms with van der Waals surface area (Å²) in [7, 11) is 0. The molecule has 1 aliphatic rings. The van der Waals surface area contributed by atoms with Crippen molar-refractivity contribution < 1.29 is 14.3 Å². The van der Waals surface area contributed by atoms with Gasteiger partial charge in [0.25, 0.3) is 0 Å². The Balaban J connectivity index is 1.50. The highest BCUT2D eigenvalue weighted by Crippen LogP contribution is 2.17. The molecular formula is C17H19N3O3. The first-order valence-corrected chi connectivity index (χ1v) is 7.71. The van der Waals surface area contributed by atoms with Crippen molar-refractivity contribution in [3.8, 4) is 5.88 Å². The summed E-state index contributed by atoms with van der Waals surface area (Å²) in [5.74, 6) is 0.483. The second-order valence-corrected chi connectivity index (χ2v) is 5.43. The molecule has 0 saturated carbocycles. The maximum atomic E-state index is 12.2. The van der Waals surface area contributed by atoms with Crippen molar-refractivity contribution in [1.29, 1.82) is 0 Å². The molecular weight excluding hydrogens is 294 g/mol. The summed E-state index contributed by atoms with van der Waals surface area (Å²) in [6, 6.07) is 13.2. The van der Waals surface area contributed by atoms with E-state index in [0.717, 1.165) is 18.4 Å². The standard InChI is InChI=1S/C17H19N3O3/c21-17(22-13-14-6-2-1-3-7-14)20-11-5-8-15(12-20)23-16-9-4-10-18-19-16/h1-4,6-7,9-10,15H,5,8,11-13H2. The highest BCUT2D eigenvalue weighted by molar-refractivity contribution is 5.67. The summed E-state index contributed by atoms with van der Waals surface area (Å²) >= 11 is 0. The van der Waals surface area contributed by atoms with Gasteiger partial charge in [-0.3, -0.25) is 0 Å². The minimum absolute atomic E-state index is 0.0790. The quantitative estimate of drug-likeness (QED) is 0.868. The highest BCUT2D eigenvalue weighted by atomic mass is 16.6. The molecule has 0 N–H and O–H groups in total. The monoisotopic (exact) mass is 313 g/mol. The molecule has 1 aromatic carbocycles. The Kier molecular flexibility index (Phi) is 5.03. The topological polar surface area (TPSA) is 64.5 Å². The Labute approximate surface area is 135 Å². The molecule has 1 amide bonds. The lowest BCUT2D eigenvalue weighted by atomic mass is 10.1. The Hall–Kier alpha value is -2.63. The van der Waals surface area contributed by atoms with Crippen LogP contribution in [0.15, 0.2) is 48.7 Å². The minimum atomic E-state index is -0.304. The number of benzene rings is 1. The van der Waals surface area contributed by atoms with Crippen molar-refractivity contribution in [2.45, 2.75) is 25.6 Å². The summed E-state index contributed by atoms with van der Waals surface area (Å²) < 4.78 is 11.1. The number of carbonyl (C=O) groups is 1. The lowest BCUT2D eigenvalue weighted by Crippen LogP contribution is -2.44. The summed E-state index contributed by atoms with van der Waals surface area (Å²) in [4.78, 5) is 13.9. The molecule has 0 spiro atoms. The molecule has 1 fully saturated rings. The predicted octanol–water partition coefficient (Wildman–Crippen LogP) is 2.66. The number of amides is 1. The third-order valence-electron chi connectivity index (χ3n) is 3.68. The number of aromatic nitrogens is 2. The van der Waals surface area contributed by atoms with E-state index >= 15 is 0 Å². The number of hydrogen-bond donors (Lipinski definition) is 0. The van der Waals surface area contributed by atoms with Gasteiger partial charge in [0, 0.05) is 18.8 Å². The number of nitrogens with zero attached hydrogens (tertiary/aromatic N) is 3. The Morgan fingerprint density at radius 1 is 1.22 bits per heavy atom. The van der Waals surface area contributed by atoms with Crippen LogP contribution in [0.5, 0.6) is 5.88 Å². The molecule has 0 radical (unpaired) electrons. The summed E-state index contributed by atoms with van der Waals surface area (Å²) in [5, 5.41) is 7.70. The number of piperidine rings is 1. The number of hydrogen-bond acceptors (Lipinski definition) is 5. The van der Waals surface area contributed by atoms with Crippen molar-refractivity contribution in [2.75, 3.05) is 13.1 Å². The van der Waals surface area contributed by atoms with Crippen LogP contribution in [0.3, 0.4) is 0 Å². The van der Waals surface area contributed by atoms with Crippen LogP contribution >= 0.6 is 0 Å². The number of likely N-dealkylation sites (tertiary alicyclic amines) is 1. The summed E-state index contributed by atoms with van der Waals surface area (Å²) in [5.41, 5.74) is 0.977. The first kappa shape index (κ1) is 15.3. The first-order valence-electron chi connectivity index (χ1n) is 7.71. The van der Waals surface area contributed by atoms with Gasteiger partial charge in [0.05, 0.1) is 6.54 Å². The van der Waals surface area contributed by atoms with Crippen LogP contribution in [-0.2, 0) is 11.3 Å². The van der Waals surface area contributed by atoms with Gasteiger partial charge in [-0.2, -0.15) is 5.10 Å². The molecule has 6 heteroatoms. The molecule has 2 heterocycles. The van der Waals surface area contributed by atoms with Gasteiger partial charge < -0.3 is 14.4 Å². The molecule has 0 aliphatic carbocycles. The van der Waals surface area contributed by atoms with Crippen molar-refractivity contribution >= 4 is 6.09 Å². The van der Waals surface area contributed by atoms with E-state index in [1.807, 2.05) is 30.3 Å². The zero-order valence-corrected chi connectivity index (χ0v) is 12.8. The van der Waals surface area contributed by atoms with Gasteiger partial charge in [-0.1, -0.05) is 30.3 Å². The molecule has 3 rings (SSSR count). The molecule has 1 saturated heterocycles. The van der Waals surface area contributed by atoms with E-state index in [1.165, 1.54) is 0 Å². The number of rotatable bonds is 4. The average Bonchev–Trinajstić information content (AvgIpc) is 2.62. The largest absolute Gasteiger partial charge is 0.471 e. The lowest BCUT2D eigenvalue weighted by Gasteiger charge is -2.31. The molecule has 6 nitrogen and oxygen atoms in total. The SMILES string of the molecule is O=C(OCc1ccccc1)N1CCCC(Oc2cccnn2)C1.